The van der Waals surface area contributed by atoms with Crippen molar-refractivity contribution < 1.29 is 9.53 Å². The molecule has 0 aliphatic carbocycles. The predicted molar refractivity (Wildman–Crippen MR) is 86.3 cm³/mol. The second-order valence-corrected chi connectivity index (χ2v) is 6.36. The summed E-state index contributed by atoms with van der Waals surface area (Å²) in [6, 6.07) is 3.93. The van der Waals surface area contributed by atoms with Gasteiger partial charge in [-0.25, -0.2) is 0 Å². The second kappa shape index (κ2) is 7.08. The number of Topliss-reactive ketones (excluding diaryl/α,β-unsaturated/α-hetero) is 1. The molecule has 1 aliphatic rings. The predicted octanol–water partition coefficient (Wildman–Crippen LogP) is 3.62. The summed E-state index contributed by atoms with van der Waals surface area (Å²) in [6.45, 7) is 9.42. The maximum Gasteiger partial charge on any atom is 0.164 e. The van der Waals surface area contributed by atoms with Crippen molar-refractivity contribution in [2.75, 3.05) is 26.7 Å². The molecule has 1 aromatic carbocycles. The summed E-state index contributed by atoms with van der Waals surface area (Å²) in [5, 5.41) is 0. The summed E-state index contributed by atoms with van der Waals surface area (Å²) in [4.78, 5) is 14.9. The van der Waals surface area contributed by atoms with E-state index in [0.717, 1.165) is 48.0 Å². The largest absolute Gasteiger partial charge is 0.496 e. The van der Waals surface area contributed by atoms with Gasteiger partial charge in [-0.15, -0.1) is 0 Å². The molecule has 1 saturated heterocycles. The summed E-state index contributed by atoms with van der Waals surface area (Å²) in [6.07, 6.45) is 3.19. The van der Waals surface area contributed by atoms with Gasteiger partial charge in [0.15, 0.2) is 5.78 Å². The molecule has 0 aromatic heterocycles. The molecule has 3 nitrogen and oxygen atoms in total. The minimum atomic E-state index is 0.247. The Morgan fingerprint density at radius 2 is 2.10 bits per heavy atom. The molecule has 2 rings (SSSR count). The van der Waals surface area contributed by atoms with Crippen LogP contribution >= 0.6 is 0 Å². The van der Waals surface area contributed by atoms with Crippen molar-refractivity contribution >= 4 is 5.78 Å². The monoisotopic (exact) mass is 289 g/mol. The molecule has 0 amide bonds. The molecular weight excluding hydrogens is 262 g/mol. The molecule has 0 radical (unpaired) electrons. The minimum absolute atomic E-state index is 0.247. The Balaban J connectivity index is 1.98. The number of ether oxygens (including phenoxy) is 1. The number of piperidine rings is 1. The number of methoxy groups -OCH3 is 1. The smallest absolute Gasteiger partial charge is 0.164 e. The van der Waals surface area contributed by atoms with Crippen molar-refractivity contribution in [3.8, 4) is 5.75 Å². The summed E-state index contributed by atoms with van der Waals surface area (Å²) in [7, 11) is 1.67. The molecule has 0 saturated carbocycles. The van der Waals surface area contributed by atoms with Gasteiger partial charge in [0.2, 0.25) is 0 Å². The first-order valence-electron chi connectivity index (χ1n) is 7.92. The first-order valence-corrected chi connectivity index (χ1v) is 7.92. The van der Waals surface area contributed by atoms with E-state index in [1.165, 1.54) is 12.8 Å². The maximum atomic E-state index is 12.5. The van der Waals surface area contributed by atoms with Crippen LogP contribution in [-0.2, 0) is 0 Å². The van der Waals surface area contributed by atoms with E-state index in [9.17, 15) is 4.79 Å². The van der Waals surface area contributed by atoms with Gasteiger partial charge in [0.25, 0.3) is 0 Å². The Morgan fingerprint density at radius 3 is 2.76 bits per heavy atom. The zero-order chi connectivity index (χ0) is 15.4. The van der Waals surface area contributed by atoms with Gasteiger partial charge in [0.1, 0.15) is 5.75 Å². The third kappa shape index (κ3) is 4.07. The zero-order valence-corrected chi connectivity index (χ0v) is 13.7. The average molecular weight is 289 g/mol. The molecule has 1 fully saturated rings. The van der Waals surface area contributed by atoms with Gasteiger partial charge in [0, 0.05) is 25.1 Å². The molecule has 0 spiro atoms. The quantitative estimate of drug-likeness (QED) is 0.775. The molecule has 1 heterocycles. The molecule has 1 aliphatic heterocycles. The van der Waals surface area contributed by atoms with Gasteiger partial charge in [-0.05, 0) is 62.4 Å². The highest BCUT2D eigenvalue weighted by Crippen LogP contribution is 2.24. The highest BCUT2D eigenvalue weighted by molar-refractivity contribution is 5.98. The summed E-state index contributed by atoms with van der Waals surface area (Å²) in [5.41, 5.74) is 2.88. The minimum Gasteiger partial charge on any atom is -0.496 e. The van der Waals surface area contributed by atoms with E-state index < -0.39 is 0 Å². The first kappa shape index (κ1) is 16.0. The third-order valence-corrected chi connectivity index (χ3v) is 4.44. The number of ketones is 1. The summed E-state index contributed by atoms with van der Waals surface area (Å²) >= 11 is 0. The van der Waals surface area contributed by atoms with Gasteiger partial charge in [0.05, 0.1) is 7.11 Å². The Hall–Kier alpha value is -1.35. The fourth-order valence-electron chi connectivity index (χ4n) is 3.19. The Morgan fingerprint density at radius 1 is 1.33 bits per heavy atom. The van der Waals surface area contributed by atoms with E-state index >= 15 is 0 Å². The van der Waals surface area contributed by atoms with E-state index in [0.29, 0.717) is 6.42 Å². The van der Waals surface area contributed by atoms with E-state index in [-0.39, 0.29) is 5.78 Å². The molecule has 1 atom stereocenters. The van der Waals surface area contributed by atoms with Gasteiger partial charge >= 0.3 is 0 Å². The third-order valence-electron chi connectivity index (χ3n) is 4.44. The number of likely N-dealkylation sites (tertiary alicyclic amines) is 1. The normalized spacial score (nSPS) is 19.5. The number of carbonyl (C=O) groups excluding carboxylic acids is 1. The van der Waals surface area contributed by atoms with E-state index in [4.69, 9.17) is 4.74 Å². The van der Waals surface area contributed by atoms with E-state index in [1.54, 1.807) is 7.11 Å². The molecular formula is C18H27NO2. The number of benzene rings is 1. The SMILES string of the molecule is COc1cc(C)c(C(=O)CCN2CCCC(C)C2)cc1C. The zero-order valence-electron chi connectivity index (χ0n) is 13.7. The van der Waals surface area contributed by atoms with Crippen LogP contribution in [0.25, 0.3) is 0 Å². The fraction of sp³-hybridized carbons (Fsp3) is 0.611. The van der Waals surface area contributed by atoms with Crippen LogP contribution < -0.4 is 4.74 Å². The highest BCUT2D eigenvalue weighted by atomic mass is 16.5. The number of nitrogens with zero attached hydrogens (tertiary/aromatic N) is 1. The van der Waals surface area contributed by atoms with Crippen LogP contribution in [0.2, 0.25) is 0 Å². The number of aryl methyl sites for hydroxylation is 2. The second-order valence-electron chi connectivity index (χ2n) is 6.36. The maximum absolute atomic E-state index is 12.5. The lowest BCUT2D eigenvalue weighted by Gasteiger charge is -2.30. The molecule has 1 aromatic rings. The Kier molecular flexibility index (Phi) is 5.40. The van der Waals surface area contributed by atoms with Crippen LogP contribution in [0, 0.1) is 19.8 Å². The van der Waals surface area contributed by atoms with Crippen LogP contribution in [0.15, 0.2) is 12.1 Å². The lowest BCUT2D eigenvalue weighted by molar-refractivity contribution is 0.0948. The van der Waals surface area contributed by atoms with Crippen LogP contribution in [-0.4, -0.2) is 37.4 Å². The number of rotatable bonds is 5. The lowest BCUT2D eigenvalue weighted by Crippen LogP contribution is -2.35. The summed E-state index contributed by atoms with van der Waals surface area (Å²) in [5.74, 6) is 1.87. The van der Waals surface area contributed by atoms with Crippen LogP contribution in [0.5, 0.6) is 5.75 Å². The van der Waals surface area contributed by atoms with Gasteiger partial charge in [-0.3, -0.25) is 4.79 Å². The number of carbonyl (C=O) groups is 1. The van der Waals surface area contributed by atoms with Gasteiger partial charge < -0.3 is 9.64 Å². The van der Waals surface area contributed by atoms with Crippen LogP contribution in [0.1, 0.15) is 47.7 Å². The molecule has 21 heavy (non-hydrogen) atoms. The standard InChI is InChI=1S/C18H27NO2/c1-13-6-5-8-19(12-13)9-7-17(20)16-10-15(3)18(21-4)11-14(16)2/h10-11,13H,5-9,12H2,1-4H3. The summed E-state index contributed by atoms with van der Waals surface area (Å²) < 4.78 is 5.31. The van der Waals surface area contributed by atoms with Crippen LogP contribution in [0.4, 0.5) is 0 Å². The van der Waals surface area contributed by atoms with Crippen molar-refractivity contribution in [2.24, 2.45) is 5.92 Å². The van der Waals surface area contributed by atoms with E-state index in [1.807, 2.05) is 26.0 Å². The molecule has 0 N–H and O–H groups in total. The van der Waals surface area contributed by atoms with E-state index in [2.05, 4.69) is 11.8 Å². The highest BCUT2D eigenvalue weighted by Gasteiger charge is 2.18. The Bertz CT molecular complexity index is 510. The van der Waals surface area contributed by atoms with Crippen molar-refractivity contribution in [1.82, 2.24) is 4.90 Å². The average Bonchev–Trinajstić information content (AvgIpc) is 2.46. The van der Waals surface area contributed by atoms with Crippen molar-refractivity contribution in [2.45, 2.75) is 40.0 Å². The fourth-order valence-corrected chi connectivity index (χ4v) is 3.19. The molecule has 0 bridgehead atoms. The first-order chi connectivity index (χ1) is 10.0. The van der Waals surface area contributed by atoms with Crippen molar-refractivity contribution in [1.29, 1.82) is 0 Å². The molecule has 3 heteroatoms. The number of hydrogen-bond donors (Lipinski definition) is 0. The van der Waals surface area contributed by atoms with Gasteiger partial charge in [-0.1, -0.05) is 6.92 Å². The van der Waals surface area contributed by atoms with Crippen molar-refractivity contribution in [3.05, 3.63) is 28.8 Å². The number of hydrogen-bond acceptors (Lipinski definition) is 3. The van der Waals surface area contributed by atoms with Gasteiger partial charge in [-0.2, -0.15) is 0 Å². The van der Waals surface area contributed by atoms with Crippen molar-refractivity contribution in [3.63, 3.8) is 0 Å². The van der Waals surface area contributed by atoms with Crippen LogP contribution in [0.3, 0.4) is 0 Å². The molecule has 1 unspecified atom stereocenters. The molecule has 116 valence electrons. The topological polar surface area (TPSA) is 29.5 Å². The lowest BCUT2D eigenvalue weighted by atomic mass is 9.97. The Labute approximate surface area is 128 Å².